The van der Waals surface area contributed by atoms with Crippen molar-refractivity contribution in [3.8, 4) is 0 Å². The molecule has 0 spiro atoms. The summed E-state index contributed by atoms with van der Waals surface area (Å²) < 4.78 is 0. The molecule has 3 nitrogen and oxygen atoms in total. The van der Waals surface area contributed by atoms with Crippen LogP contribution in [0.15, 0.2) is 30.3 Å². The second-order valence-corrected chi connectivity index (χ2v) is 7.68. The van der Waals surface area contributed by atoms with Crippen LogP contribution in [0.3, 0.4) is 0 Å². The number of anilines is 1. The van der Waals surface area contributed by atoms with E-state index in [-0.39, 0.29) is 5.91 Å². The molecule has 1 fully saturated rings. The van der Waals surface area contributed by atoms with Crippen molar-refractivity contribution in [1.82, 2.24) is 0 Å². The highest BCUT2D eigenvalue weighted by molar-refractivity contribution is 8.13. The maximum absolute atomic E-state index is 12.1. The first-order chi connectivity index (χ1) is 11.8. The molecule has 0 radical (unpaired) electrons. The molecule has 0 bridgehead atoms. The molecule has 1 aromatic carbocycles. The van der Waals surface area contributed by atoms with Crippen LogP contribution in [-0.2, 0) is 9.59 Å². The van der Waals surface area contributed by atoms with Gasteiger partial charge in [0.05, 0.1) is 0 Å². The van der Waals surface area contributed by atoms with Gasteiger partial charge >= 0.3 is 0 Å². The predicted molar refractivity (Wildman–Crippen MR) is 102 cm³/mol. The monoisotopic (exact) mass is 347 g/mol. The maximum Gasteiger partial charge on any atom is 0.224 e. The number of hydrogen-bond acceptors (Lipinski definition) is 3. The predicted octanol–water partition coefficient (Wildman–Crippen LogP) is 5.42. The molecule has 2 rings (SSSR count). The minimum absolute atomic E-state index is 0.0862. The minimum atomic E-state index is 0.0862. The van der Waals surface area contributed by atoms with Crippen LogP contribution in [0, 0.1) is 5.92 Å². The Morgan fingerprint density at radius 3 is 2.42 bits per heavy atom. The lowest BCUT2D eigenvalue weighted by Gasteiger charge is -2.19. The zero-order chi connectivity index (χ0) is 17.0. The van der Waals surface area contributed by atoms with Gasteiger partial charge in [0.1, 0.15) is 0 Å². The lowest BCUT2D eigenvalue weighted by atomic mass is 9.90. The van der Waals surface area contributed by atoms with E-state index in [1.54, 1.807) is 0 Å². The summed E-state index contributed by atoms with van der Waals surface area (Å²) in [5.74, 6) is 1.35. The summed E-state index contributed by atoms with van der Waals surface area (Å²) in [7, 11) is 0. The van der Waals surface area contributed by atoms with E-state index in [1.807, 2.05) is 30.3 Å². The van der Waals surface area contributed by atoms with Gasteiger partial charge in [-0.2, -0.15) is 0 Å². The number of carbonyl (C=O) groups is 2. The fraction of sp³-hybridized carbons (Fsp3) is 0.600. The van der Waals surface area contributed by atoms with Gasteiger partial charge < -0.3 is 5.32 Å². The van der Waals surface area contributed by atoms with E-state index in [0.717, 1.165) is 50.0 Å². The largest absolute Gasteiger partial charge is 0.326 e. The van der Waals surface area contributed by atoms with Crippen LogP contribution in [0.4, 0.5) is 5.69 Å². The number of rotatable bonds is 9. The van der Waals surface area contributed by atoms with Crippen LogP contribution in [0.5, 0.6) is 0 Å². The van der Waals surface area contributed by atoms with E-state index < -0.39 is 0 Å². The molecule has 0 atom stereocenters. The van der Waals surface area contributed by atoms with E-state index >= 15 is 0 Å². The number of benzene rings is 1. The molecule has 1 aliphatic carbocycles. The van der Waals surface area contributed by atoms with Gasteiger partial charge in [-0.05, 0) is 37.8 Å². The van der Waals surface area contributed by atoms with Crippen molar-refractivity contribution >= 4 is 28.5 Å². The molecule has 0 aromatic heterocycles. The van der Waals surface area contributed by atoms with Crippen LogP contribution in [0.1, 0.15) is 64.2 Å². The average molecular weight is 348 g/mol. The third-order valence-corrected chi connectivity index (χ3v) is 5.65. The van der Waals surface area contributed by atoms with Crippen molar-refractivity contribution in [2.75, 3.05) is 11.1 Å². The summed E-state index contributed by atoms with van der Waals surface area (Å²) in [4.78, 5) is 23.9. The number of carbonyl (C=O) groups excluding carboxylic acids is 2. The van der Waals surface area contributed by atoms with Gasteiger partial charge in [0.25, 0.3) is 0 Å². The lowest BCUT2D eigenvalue weighted by molar-refractivity contribution is -0.116. The average Bonchev–Trinajstić information content (AvgIpc) is 2.62. The number of nitrogens with one attached hydrogen (secondary N) is 1. The quantitative estimate of drug-likeness (QED) is 0.607. The third-order valence-electron chi connectivity index (χ3n) is 4.54. The molecule has 0 saturated heterocycles. The van der Waals surface area contributed by atoms with Crippen LogP contribution >= 0.6 is 11.8 Å². The fourth-order valence-corrected chi connectivity index (χ4v) is 4.14. The highest BCUT2D eigenvalue weighted by Crippen LogP contribution is 2.28. The van der Waals surface area contributed by atoms with Crippen LogP contribution in [0.2, 0.25) is 0 Å². The van der Waals surface area contributed by atoms with E-state index in [4.69, 9.17) is 0 Å². The standard InChI is InChI=1S/C20H29NO2S/c22-19(21-18-13-7-4-8-14-18)15-9-1-2-10-16-24-20(23)17-11-5-3-6-12-17/h4,7-8,13-14,17H,1-3,5-6,9-12,15-16H2,(H,21,22). The topological polar surface area (TPSA) is 46.2 Å². The Morgan fingerprint density at radius 1 is 0.958 bits per heavy atom. The summed E-state index contributed by atoms with van der Waals surface area (Å²) in [5, 5.41) is 3.32. The third kappa shape index (κ3) is 7.52. The molecule has 1 aliphatic rings. The molecule has 0 aliphatic heterocycles. The highest BCUT2D eigenvalue weighted by Gasteiger charge is 2.20. The van der Waals surface area contributed by atoms with Gasteiger partial charge in [-0.15, -0.1) is 0 Å². The Kier molecular flexibility index (Phi) is 8.96. The smallest absolute Gasteiger partial charge is 0.224 e. The van der Waals surface area contributed by atoms with Gasteiger partial charge in [-0.25, -0.2) is 0 Å². The molecule has 1 aromatic rings. The zero-order valence-electron chi connectivity index (χ0n) is 14.5. The van der Waals surface area contributed by atoms with Crippen LogP contribution in [-0.4, -0.2) is 16.8 Å². The minimum Gasteiger partial charge on any atom is -0.326 e. The van der Waals surface area contributed by atoms with Crippen molar-refractivity contribution < 1.29 is 9.59 Å². The Morgan fingerprint density at radius 2 is 1.67 bits per heavy atom. The van der Waals surface area contributed by atoms with Crippen LogP contribution in [0.25, 0.3) is 0 Å². The Hall–Kier alpha value is -1.29. The summed E-state index contributed by atoms with van der Waals surface area (Å²) in [6.07, 6.45) is 10.7. The summed E-state index contributed by atoms with van der Waals surface area (Å²) in [5.41, 5.74) is 0.861. The lowest BCUT2D eigenvalue weighted by Crippen LogP contribution is -2.15. The van der Waals surface area contributed by atoms with Gasteiger partial charge in [0.2, 0.25) is 5.91 Å². The first-order valence-corrected chi connectivity index (χ1v) is 10.3. The maximum atomic E-state index is 12.1. The number of hydrogen-bond donors (Lipinski definition) is 1. The molecule has 24 heavy (non-hydrogen) atoms. The molecule has 132 valence electrons. The molecule has 4 heteroatoms. The number of unbranched alkanes of at least 4 members (excludes halogenated alkanes) is 3. The SMILES string of the molecule is O=C(CCCCCCSC(=O)C1CCCCC1)Nc1ccccc1. The summed E-state index contributed by atoms with van der Waals surface area (Å²) in [6, 6.07) is 9.58. The molecule has 0 heterocycles. The summed E-state index contributed by atoms with van der Waals surface area (Å²) >= 11 is 1.53. The highest BCUT2D eigenvalue weighted by atomic mass is 32.2. The normalized spacial score (nSPS) is 15.2. The fourth-order valence-electron chi connectivity index (χ4n) is 3.12. The van der Waals surface area contributed by atoms with Crippen molar-refractivity contribution in [3.63, 3.8) is 0 Å². The van der Waals surface area contributed by atoms with Crippen LogP contribution < -0.4 is 5.32 Å². The number of thioether (sulfide) groups is 1. The Bertz CT molecular complexity index is 498. The molecule has 1 amide bonds. The molecule has 0 unspecified atom stereocenters. The number of amides is 1. The second kappa shape index (κ2) is 11.3. The Labute approximate surface area is 150 Å². The van der Waals surface area contributed by atoms with Gasteiger partial charge in [0, 0.05) is 23.8 Å². The van der Waals surface area contributed by atoms with Crippen molar-refractivity contribution in [1.29, 1.82) is 0 Å². The van der Waals surface area contributed by atoms with E-state index in [0.29, 0.717) is 17.5 Å². The van der Waals surface area contributed by atoms with Gasteiger partial charge in [0.15, 0.2) is 5.12 Å². The van der Waals surface area contributed by atoms with E-state index in [9.17, 15) is 9.59 Å². The first kappa shape index (κ1) is 19.0. The van der Waals surface area contributed by atoms with Crippen molar-refractivity contribution in [2.45, 2.75) is 64.2 Å². The van der Waals surface area contributed by atoms with Crippen molar-refractivity contribution in [2.24, 2.45) is 5.92 Å². The van der Waals surface area contributed by atoms with E-state index in [1.165, 1.54) is 31.0 Å². The van der Waals surface area contributed by atoms with E-state index in [2.05, 4.69) is 5.32 Å². The second-order valence-electron chi connectivity index (χ2n) is 6.58. The zero-order valence-corrected chi connectivity index (χ0v) is 15.3. The molecular weight excluding hydrogens is 318 g/mol. The molecule has 1 saturated carbocycles. The van der Waals surface area contributed by atoms with Crippen molar-refractivity contribution in [3.05, 3.63) is 30.3 Å². The Balaban J connectivity index is 1.45. The molecule has 1 N–H and O–H groups in total. The van der Waals surface area contributed by atoms with Gasteiger partial charge in [-0.3, -0.25) is 9.59 Å². The summed E-state index contributed by atoms with van der Waals surface area (Å²) in [6.45, 7) is 0. The molecular formula is C20H29NO2S. The van der Waals surface area contributed by atoms with Gasteiger partial charge in [-0.1, -0.05) is 62.1 Å². The number of para-hydroxylation sites is 1. The first-order valence-electron chi connectivity index (χ1n) is 9.27.